The molecular formula is C29H27N3O5S. The molecule has 0 aliphatic carbocycles. The largest absolute Gasteiger partial charge is 0.425 e. The van der Waals surface area contributed by atoms with Gasteiger partial charge in [-0.15, -0.1) is 0 Å². The van der Waals surface area contributed by atoms with E-state index in [1.807, 2.05) is 30.3 Å². The van der Waals surface area contributed by atoms with E-state index >= 15 is 0 Å². The molecule has 3 aromatic rings. The minimum atomic E-state index is -3.83. The molecule has 2 heterocycles. The topological polar surface area (TPSA) is 96.3 Å². The first-order valence-corrected chi connectivity index (χ1v) is 13.8. The average molecular weight is 530 g/mol. The van der Waals surface area contributed by atoms with Gasteiger partial charge in [0, 0.05) is 6.54 Å². The summed E-state index contributed by atoms with van der Waals surface area (Å²) < 4.78 is 33.2. The number of piperidine rings is 1. The van der Waals surface area contributed by atoms with Gasteiger partial charge in [0.2, 0.25) is 10.0 Å². The third kappa shape index (κ3) is 5.16. The Morgan fingerprint density at radius 2 is 1.61 bits per heavy atom. The van der Waals surface area contributed by atoms with E-state index < -0.39 is 22.0 Å². The number of sulfonamides is 1. The number of ether oxygens (including phenoxy) is 1. The lowest BCUT2D eigenvalue weighted by Gasteiger charge is -2.32. The summed E-state index contributed by atoms with van der Waals surface area (Å²) in [6.07, 6.45) is 3.56. The number of carbonyl (C=O) groups is 2. The fourth-order valence-corrected chi connectivity index (χ4v) is 6.24. The quantitative estimate of drug-likeness (QED) is 0.263. The molecule has 1 fully saturated rings. The lowest BCUT2D eigenvalue weighted by molar-refractivity contribution is -0.139. The van der Waals surface area contributed by atoms with E-state index in [0.29, 0.717) is 35.6 Å². The molecule has 3 aromatic carbocycles. The van der Waals surface area contributed by atoms with Crippen LogP contribution in [0, 0.1) is 0 Å². The van der Waals surface area contributed by atoms with Crippen LogP contribution in [0.25, 0.3) is 6.08 Å². The Balaban J connectivity index is 1.29. The SMILES string of the molecule is CC1=NN(c2ccccc2)C(=O)/C1=C\c1ccc(OC(=O)C2CCCCN2S(=O)(=O)c2ccccc2)cc1. The molecule has 0 aromatic heterocycles. The maximum atomic E-state index is 13.2. The summed E-state index contributed by atoms with van der Waals surface area (Å²) in [4.78, 5) is 26.2. The number of benzene rings is 3. The Morgan fingerprint density at radius 1 is 0.947 bits per heavy atom. The summed E-state index contributed by atoms with van der Waals surface area (Å²) in [5.74, 6) is -0.530. The summed E-state index contributed by atoms with van der Waals surface area (Å²) >= 11 is 0. The van der Waals surface area contributed by atoms with Crippen LogP contribution in [-0.4, -0.2) is 42.9 Å². The van der Waals surface area contributed by atoms with E-state index in [2.05, 4.69) is 5.10 Å². The lowest BCUT2D eigenvalue weighted by Crippen LogP contribution is -2.49. The van der Waals surface area contributed by atoms with Gasteiger partial charge in [-0.25, -0.2) is 13.2 Å². The van der Waals surface area contributed by atoms with Crippen molar-refractivity contribution in [1.82, 2.24) is 4.31 Å². The Labute approximate surface area is 221 Å². The van der Waals surface area contributed by atoms with E-state index in [9.17, 15) is 18.0 Å². The van der Waals surface area contributed by atoms with Crippen LogP contribution in [0.5, 0.6) is 5.75 Å². The Kier molecular flexibility index (Phi) is 7.22. The van der Waals surface area contributed by atoms with E-state index in [4.69, 9.17) is 4.74 Å². The second-order valence-electron chi connectivity index (χ2n) is 9.13. The van der Waals surface area contributed by atoms with Crippen LogP contribution in [0.15, 0.2) is 100 Å². The fourth-order valence-electron chi connectivity index (χ4n) is 4.57. The normalized spacial score (nSPS) is 19.4. The molecule has 2 aliphatic heterocycles. The molecule has 0 N–H and O–H groups in total. The number of hydrogen-bond acceptors (Lipinski definition) is 6. The minimum Gasteiger partial charge on any atom is -0.425 e. The first-order chi connectivity index (χ1) is 18.3. The number of hydrogen-bond donors (Lipinski definition) is 0. The summed E-state index contributed by atoms with van der Waals surface area (Å²) in [6, 6.07) is 23.2. The maximum Gasteiger partial charge on any atom is 0.329 e. The fraction of sp³-hybridized carbons (Fsp3) is 0.207. The molecule has 5 rings (SSSR count). The van der Waals surface area contributed by atoms with Gasteiger partial charge >= 0.3 is 5.97 Å². The van der Waals surface area contributed by atoms with Crippen LogP contribution in [0.4, 0.5) is 5.69 Å². The van der Waals surface area contributed by atoms with Gasteiger partial charge in [0.05, 0.1) is 21.9 Å². The number of carbonyl (C=O) groups excluding carboxylic acids is 2. The third-order valence-corrected chi connectivity index (χ3v) is 8.47. The second-order valence-corrected chi connectivity index (χ2v) is 11.0. The predicted octanol–water partition coefficient (Wildman–Crippen LogP) is 4.64. The van der Waals surface area contributed by atoms with E-state index in [0.717, 1.165) is 12.0 Å². The molecule has 1 amide bonds. The number of nitrogens with zero attached hydrogens (tertiary/aromatic N) is 3. The summed E-state index contributed by atoms with van der Waals surface area (Å²) in [5.41, 5.74) is 2.51. The maximum absolute atomic E-state index is 13.2. The van der Waals surface area contributed by atoms with Crippen molar-refractivity contribution in [2.45, 2.75) is 37.1 Å². The van der Waals surface area contributed by atoms with Crippen molar-refractivity contribution < 1.29 is 22.7 Å². The van der Waals surface area contributed by atoms with Crippen LogP contribution in [-0.2, 0) is 19.6 Å². The number of para-hydroxylation sites is 1. The molecule has 8 nitrogen and oxygen atoms in total. The highest BCUT2D eigenvalue weighted by Gasteiger charge is 2.38. The van der Waals surface area contributed by atoms with Crippen LogP contribution in [0.1, 0.15) is 31.7 Å². The molecule has 1 unspecified atom stereocenters. The highest BCUT2D eigenvalue weighted by atomic mass is 32.2. The van der Waals surface area contributed by atoms with Crippen LogP contribution in [0.2, 0.25) is 0 Å². The minimum absolute atomic E-state index is 0.156. The highest BCUT2D eigenvalue weighted by molar-refractivity contribution is 7.89. The summed E-state index contributed by atoms with van der Waals surface area (Å²) in [5, 5.41) is 5.76. The van der Waals surface area contributed by atoms with E-state index in [-0.39, 0.29) is 17.3 Å². The van der Waals surface area contributed by atoms with Gasteiger partial charge < -0.3 is 4.74 Å². The van der Waals surface area contributed by atoms with Crippen molar-refractivity contribution in [3.8, 4) is 5.75 Å². The number of hydrazone groups is 1. The second kappa shape index (κ2) is 10.7. The summed E-state index contributed by atoms with van der Waals surface area (Å²) in [7, 11) is -3.83. The molecule has 38 heavy (non-hydrogen) atoms. The van der Waals surface area contributed by atoms with Gasteiger partial charge in [-0.1, -0.05) is 48.5 Å². The lowest BCUT2D eigenvalue weighted by atomic mass is 10.1. The zero-order valence-electron chi connectivity index (χ0n) is 20.9. The van der Waals surface area contributed by atoms with E-state index in [1.165, 1.54) is 21.4 Å². The van der Waals surface area contributed by atoms with Crippen molar-refractivity contribution in [1.29, 1.82) is 0 Å². The monoisotopic (exact) mass is 529 g/mol. The first-order valence-electron chi connectivity index (χ1n) is 12.4. The molecule has 0 spiro atoms. The Bertz CT molecular complexity index is 1500. The molecule has 0 saturated carbocycles. The number of esters is 1. The predicted molar refractivity (Wildman–Crippen MR) is 145 cm³/mol. The zero-order chi connectivity index (χ0) is 26.7. The van der Waals surface area contributed by atoms with Crippen molar-refractivity contribution in [2.24, 2.45) is 5.10 Å². The molecule has 0 bridgehead atoms. The van der Waals surface area contributed by atoms with Crippen molar-refractivity contribution in [2.75, 3.05) is 11.6 Å². The zero-order valence-corrected chi connectivity index (χ0v) is 21.7. The molecule has 9 heteroatoms. The van der Waals surface area contributed by atoms with Gasteiger partial charge in [-0.2, -0.15) is 14.4 Å². The summed E-state index contributed by atoms with van der Waals surface area (Å²) in [6.45, 7) is 2.04. The van der Waals surface area contributed by atoms with Crippen molar-refractivity contribution in [3.63, 3.8) is 0 Å². The van der Waals surface area contributed by atoms with Gasteiger partial charge in [0.25, 0.3) is 5.91 Å². The van der Waals surface area contributed by atoms with Gasteiger partial charge in [-0.05, 0) is 74.2 Å². The molecule has 0 radical (unpaired) electrons. The van der Waals surface area contributed by atoms with Gasteiger partial charge in [0.1, 0.15) is 11.8 Å². The van der Waals surface area contributed by atoms with Crippen molar-refractivity contribution >= 4 is 39.4 Å². The Hall–Kier alpha value is -4.08. The average Bonchev–Trinajstić information content (AvgIpc) is 3.23. The molecule has 194 valence electrons. The smallest absolute Gasteiger partial charge is 0.329 e. The molecule has 2 aliphatic rings. The number of amides is 1. The van der Waals surface area contributed by atoms with Gasteiger partial charge in [-0.3, -0.25) is 4.79 Å². The number of rotatable bonds is 6. The van der Waals surface area contributed by atoms with Crippen molar-refractivity contribution in [3.05, 3.63) is 96.1 Å². The number of anilines is 1. The van der Waals surface area contributed by atoms with E-state index in [1.54, 1.807) is 55.5 Å². The van der Waals surface area contributed by atoms with Crippen LogP contribution < -0.4 is 9.75 Å². The van der Waals surface area contributed by atoms with Crippen LogP contribution >= 0.6 is 0 Å². The molecule has 1 atom stereocenters. The molecular weight excluding hydrogens is 502 g/mol. The van der Waals surface area contributed by atoms with Gasteiger partial charge in [0.15, 0.2) is 0 Å². The standard InChI is InChI=1S/C29H27N3O5S/c1-21-26(28(33)32(30-21)23-10-4-2-5-11-23)20-22-15-17-24(18-16-22)37-29(34)27-14-8-9-19-31(27)38(35,36)25-12-6-3-7-13-25/h2-7,10-13,15-18,20,27H,8-9,14,19H2,1H3/b26-20-. The molecule has 1 saturated heterocycles. The highest BCUT2D eigenvalue weighted by Crippen LogP contribution is 2.28. The Morgan fingerprint density at radius 3 is 2.29 bits per heavy atom. The third-order valence-electron chi connectivity index (χ3n) is 6.55. The first kappa shape index (κ1) is 25.6. The van der Waals surface area contributed by atoms with Crippen LogP contribution in [0.3, 0.4) is 0 Å².